The van der Waals surface area contributed by atoms with Gasteiger partial charge in [0.25, 0.3) is 0 Å². The van der Waals surface area contributed by atoms with E-state index < -0.39 is 81.5 Å². The van der Waals surface area contributed by atoms with Gasteiger partial charge in [0, 0.05) is 6.20 Å². The van der Waals surface area contributed by atoms with Gasteiger partial charge < -0.3 is 20.1 Å². The quantitative estimate of drug-likeness (QED) is 0.0891. The molecule has 0 aliphatic carbocycles. The van der Waals surface area contributed by atoms with Crippen molar-refractivity contribution in [2.45, 2.75) is 14.8 Å². The Bertz CT molecular complexity index is 1210. The van der Waals surface area contributed by atoms with Crippen LogP contribution < -0.4 is 10.9 Å². The van der Waals surface area contributed by atoms with Crippen molar-refractivity contribution in [3.05, 3.63) is 70.9 Å². The molecular formula is C19H15B2F8NO4S5. The average molecular weight is 655 g/mol. The first-order chi connectivity index (χ1) is 18.2. The second kappa shape index (κ2) is 16.9. The topological polar surface area (TPSA) is 93.8 Å². The highest BCUT2D eigenvalue weighted by Crippen LogP contribution is 2.34. The van der Waals surface area contributed by atoms with Crippen molar-refractivity contribution in [3.8, 4) is 0 Å². The maximum atomic E-state index is 13.2. The van der Waals surface area contributed by atoms with Crippen molar-refractivity contribution in [3.63, 3.8) is 0 Å². The molecule has 20 heteroatoms. The zero-order valence-electron chi connectivity index (χ0n) is 19.3. The van der Waals surface area contributed by atoms with E-state index in [2.05, 4.69) is 17.6 Å². The van der Waals surface area contributed by atoms with Gasteiger partial charge in [-0.2, -0.15) is 0 Å². The second-order valence-corrected chi connectivity index (χ2v) is 11.7. The van der Waals surface area contributed by atoms with Crippen molar-refractivity contribution >= 4 is 81.0 Å². The summed E-state index contributed by atoms with van der Waals surface area (Å²) in [6.07, 6.45) is 5.31. The molecule has 1 aromatic heterocycles. The van der Waals surface area contributed by atoms with Crippen molar-refractivity contribution in [1.82, 2.24) is 4.98 Å². The Hall–Kier alpha value is -1.25. The Morgan fingerprint density at radius 1 is 0.641 bits per heavy atom. The van der Waals surface area contributed by atoms with E-state index in [0.717, 1.165) is 15.8 Å². The minimum Gasteiger partial charge on any atom is -0.423 e. The van der Waals surface area contributed by atoms with Gasteiger partial charge in [-0.1, -0.05) is 38.4 Å². The molecule has 3 rings (SSSR count). The third-order valence-corrected chi connectivity index (χ3v) is 7.70. The monoisotopic (exact) mass is 655 g/mol. The molecule has 3 aromatic rings. The third-order valence-electron chi connectivity index (χ3n) is 4.02. The van der Waals surface area contributed by atoms with Crippen LogP contribution in [-0.2, 0) is 0 Å². The molecule has 0 saturated heterocycles. The molecule has 4 N–H and O–H groups in total. The van der Waals surface area contributed by atoms with Gasteiger partial charge in [-0.25, -0.2) is 40.1 Å². The molecule has 0 saturated carbocycles. The van der Waals surface area contributed by atoms with Gasteiger partial charge in [-0.05, 0) is 35.4 Å². The molecule has 0 spiro atoms. The van der Waals surface area contributed by atoms with Gasteiger partial charge in [0.05, 0.1) is 20.7 Å². The van der Waals surface area contributed by atoms with E-state index in [1.54, 1.807) is 27.8 Å². The van der Waals surface area contributed by atoms with E-state index >= 15 is 0 Å². The summed E-state index contributed by atoms with van der Waals surface area (Å²) in [6, 6.07) is 5.91. The molecule has 0 aliphatic rings. The molecule has 0 aliphatic heterocycles. The molecule has 212 valence electrons. The van der Waals surface area contributed by atoms with E-state index in [-0.39, 0.29) is 0 Å². The van der Waals surface area contributed by atoms with Gasteiger partial charge in [0.2, 0.25) is 0 Å². The summed E-state index contributed by atoms with van der Waals surface area (Å²) < 4.78 is 104. The van der Waals surface area contributed by atoms with E-state index in [1.165, 1.54) is 6.26 Å². The highest BCUT2D eigenvalue weighted by atomic mass is 33.1. The van der Waals surface area contributed by atoms with E-state index in [1.807, 2.05) is 24.5 Å². The Balaban J connectivity index is 0.000000303. The van der Waals surface area contributed by atoms with Crippen molar-refractivity contribution in [2.75, 3.05) is 12.5 Å². The smallest absolute Gasteiger partial charge is 0.423 e. The van der Waals surface area contributed by atoms with E-state index in [0.29, 0.717) is 10.8 Å². The van der Waals surface area contributed by atoms with Gasteiger partial charge in [-0.15, -0.1) is 12.6 Å². The van der Waals surface area contributed by atoms with Crippen LogP contribution in [0.5, 0.6) is 0 Å². The zero-order valence-corrected chi connectivity index (χ0v) is 23.5. The maximum absolute atomic E-state index is 13.2. The summed E-state index contributed by atoms with van der Waals surface area (Å²) in [7, 11) is -0.462. The van der Waals surface area contributed by atoms with Crippen LogP contribution in [0.25, 0.3) is 0 Å². The Labute approximate surface area is 238 Å². The molecule has 0 radical (unpaired) electrons. The van der Waals surface area contributed by atoms with Crippen LogP contribution in [0.15, 0.2) is 39.2 Å². The lowest BCUT2D eigenvalue weighted by Gasteiger charge is -2.09. The van der Waals surface area contributed by atoms with Crippen molar-refractivity contribution in [1.29, 1.82) is 0 Å². The molecule has 0 unspecified atom stereocenters. The predicted molar refractivity (Wildman–Crippen MR) is 142 cm³/mol. The Morgan fingerprint density at radius 3 is 1.38 bits per heavy atom. The van der Waals surface area contributed by atoms with Crippen LogP contribution in [-0.4, -0.2) is 51.8 Å². The van der Waals surface area contributed by atoms with Crippen LogP contribution >= 0.6 is 55.8 Å². The molecule has 5 nitrogen and oxygen atoms in total. The van der Waals surface area contributed by atoms with E-state index in [4.69, 9.17) is 20.1 Å². The standard InChI is InChI=1S/C7H5BF4O2S2.C6H3BF4O2S.C6H7NS2/c1-15-16-7-5(11)3(9)2(8(13)14)4(10)6(7)12;8-2-1(7(12)13)3(9)5(11)6(14)4(2)10;1-8-9-6-4-2-3-5-7-6/h13-14H,1H3;12-14H;2-5H,1H3. The van der Waals surface area contributed by atoms with Crippen LogP contribution in [0, 0.1) is 46.5 Å². The summed E-state index contributed by atoms with van der Waals surface area (Å²) in [5.74, 6) is -14.2. The summed E-state index contributed by atoms with van der Waals surface area (Å²) in [6.45, 7) is 0. The first kappa shape index (κ1) is 35.8. The fraction of sp³-hybridized carbons (Fsp3) is 0.105. The molecule has 39 heavy (non-hydrogen) atoms. The summed E-state index contributed by atoms with van der Waals surface area (Å²) in [5, 5.41) is 35.1. The number of rotatable bonds is 6. The number of benzene rings is 2. The summed E-state index contributed by atoms with van der Waals surface area (Å²) in [4.78, 5) is 2.12. The summed E-state index contributed by atoms with van der Waals surface area (Å²) >= 11 is 3.17. The largest absolute Gasteiger partial charge is 0.494 e. The van der Waals surface area contributed by atoms with Gasteiger partial charge in [-0.3, -0.25) is 0 Å². The van der Waals surface area contributed by atoms with Crippen LogP contribution in [0.1, 0.15) is 0 Å². The number of aromatic nitrogens is 1. The minimum absolute atomic E-state index is 0.501. The molecule has 2 aromatic carbocycles. The molecule has 1 heterocycles. The second-order valence-electron chi connectivity index (χ2n) is 6.43. The normalized spacial score (nSPS) is 10.3. The number of halogens is 8. The fourth-order valence-corrected chi connectivity index (χ4v) is 5.20. The van der Waals surface area contributed by atoms with Gasteiger partial charge in [0.15, 0.2) is 46.5 Å². The first-order valence-electron chi connectivity index (χ1n) is 9.67. The molecule has 0 amide bonds. The lowest BCUT2D eigenvalue weighted by molar-refractivity contribution is 0.399. The lowest BCUT2D eigenvalue weighted by atomic mass is 9.79. The third kappa shape index (κ3) is 9.39. The zero-order chi connectivity index (χ0) is 30.0. The van der Waals surface area contributed by atoms with Crippen LogP contribution in [0.4, 0.5) is 35.1 Å². The highest BCUT2D eigenvalue weighted by molar-refractivity contribution is 8.76. The molecule has 0 fully saturated rings. The van der Waals surface area contributed by atoms with Crippen molar-refractivity contribution < 1.29 is 55.2 Å². The Morgan fingerprint density at radius 2 is 1.05 bits per heavy atom. The van der Waals surface area contributed by atoms with Crippen molar-refractivity contribution in [2.24, 2.45) is 0 Å². The van der Waals surface area contributed by atoms with E-state index in [9.17, 15) is 35.1 Å². The lowest BCUT2D eigenvalue weighted by Crippen LogP contribution is -2.37. The Kier molecular flexibility index (Phi) is 15.5. The van der Waals surface area contributed by atoms with Crippen LogP contribution in [0.2, 0.25) is 0 Å². The minimum atomic E-state index is -2.63. The molecule has 0 atom stereocenters. The predicted octanol–water partition coefficient (Wildman–Crippen LogP) is 3.96. The SMILES string of the molecule is CSSc1c(F)c(F)c(B(O)O)c(F)c1F.CSSc1ccccn1.OB(O)c1c(F)c(F)c(S)c(F)c1F. The maximum Gasteiger partial charge on any atom is 0.494 e. The number of hydrogen-bond donors (Lipinski definition) is 5. The van der Waals surface area contributed by atoms with Gasteiger partial charge >= 0.3 is 14.2 Å². The summed E-state index contributed by atoms with van der Waals surface area (Å²) in [5.41, 5.74) is -2.90. The fourth-order valence-electron chi connectivity index (χ4n) is 2.36. The number of thiol groups is 1. The van der Waals surface area contributed by atoms with Gasteiger partial charge in [0.1, 0.15) is 5.03 Å². The molecule has 0 bridgehead atoms. The number of nitrogens with zero attached hydrogens (tertiary/aromatic N) is 1. The molecular weight excluding hydrogens is 640 g/mol. The number of pyridine rings is 1. The average Bonchev–Trinajstić information content (AvgIpc) is 2.89. The number of hydrogen-bond acceptors (Lipinski definition) is 10. The highest BCUT2D eigenvalue weighted by Gasteiger charge is 2.32. The first-order valence-corrected chi connectivity index (χ1v) is 15.2. The van der Waals surface area contributed by atoms with Crippen LogP contribution in [0.3, 0.4) is 0 Å².